The second kappa shape index (κ2) is 9.62. The van der Waals surface area contributed by atoms with Gasteiger partial charge in [-0.1, -0.05) is 26.0 Å². The van der Waals surface area contributed by atoms with Gasteiger partial charge in [-0.15, -0.1) is 0 Å². The Kier molecular flexibility index (Phi) is 7.23. The van der Waals surface area contributed by atoms with Crippen LogP contribution in [0.25, 0.3) is 0 Å². The van der Waals surface area contributed by atoms with Crippen LogP contribution < -0.4 is 14.8 Å². The molecule has 2 aromatic carbocycles. The van der Waals surface area contributed by atoms with E-state index in [0.29, 0.717) is 23.1 Å². The third kappa shape index (κ3) is 6.33. The average molecular weight is 371 g/mol. The molecule has 0 radical (unpaired) electrons. The molecule has 0 heterocycles. The highest BCUT2D eigenvalue weighted by molar-refractivity contribution is 5.95. The quantitative estimate of drug-likeness (QED) is 0.715. The zero-order chi connectivity index (χ0) is 19.8. The monoisotopic (exact) mass is 371 g/mol. The summed E-state index contributed by atoms with van der Waals surface area (Å²) in [6.45, 7) is 5.45. The molecule has 1 amide bonds. The number of hydrogen-bond acceptors (Lipinski definition) is 5. The lowest BCUT2D eigenvalue weighted by Crippen LogP contribution is -2.31. The van der Waals surface area contributed by atoms with E-state index in [2.05, 4.69) is 19.2 Å². The minimum atomic E-state index is -0.938. The van der Waals surface area contributed by atoms with Gasteiger partial charge in [-0.25, -0.2) is 4.79 Å². The van der Waals surface area contributed by atoms with E-state index in [4.69, 9.17) is 14.2 Å². The van der Waals surface area contributed by atoms with Gasteiger partial charge in [-0.05, 0) is 54.8 Å². The summed E-state index contributed by atoms with van der Waals surface area (Å²) in [5, 5.41) is 2.68. The van der Waals surface area contributed by atoms with Crippen LogP contribution in [0.5, 0.6) is 11.5 Å². The van der Waals surface area contributed by atoms with Gasteiger partial charge in [-0.3, -0.25) is 4.79 Å². The number of hydrogen-bond donors (Lipinski definition) is 1. The standard InChI is InChI=1S/C21H25NO5/c1-14(2)16-5-9-19(10-6-16)26-13-20(23)27-15(3)21(24)22-17-7-11-18(25-4)12-8-17/h5-12,14-15H,13H2,1-4H3,(H,22,24)/t15-/m1/s1. The Morgan fingerprint density at radius 1 is 0.926 bits per heavy atom. The maximum absolute atomic E-state index is 12.1. The summed E-state index contributed by atoms with van der Waals surface area (Å²) in [5.41, 5.74) is 1.78. The van der Waals surface area contributed by atoms with Crippen LogP contribution in [0.2, 0.25) is 0 Å². The summed E-state index contributed by atoms with van der Waals surface area (Å²) in [5.74, 6) is 0.655. The van der Waals surface area contributed by atoms with Crippen molar-refractivity contribution in [2.45, 2.75) is 32.8 Å². The van der Waals surface area contributed by atoms with E-state index in [-0.39, 0.29) is 6.61 Å². The fraction of sp³-hybridized carbons (Fsp3) is 0.333. The zero-order valence-corrected chi connectivity index (χ0v) is 16.0. The minimum Gasteiger partial charge on any atom is -0.497 e. The SMILES string of the molecule is COc1ccc(NC(=O)[C@@H](C)OC(=O)COc2ccc(C(C)C)cc2)cc1. The van der Waals surface area contributed by atoms with Crippen molar-refractivity contribution >= 4 is 17.6 Å². The van der Waals surface area contributed by atoms with E-state index < -0.39 is 18.0 Å². The largest absolute Gasteiger partial charge is 0.497 e. The Morgan fingerprint density at radius 2 is 1.52 bits per heavy atom. The van der Waals surface area contributed by atoms with Crippen molar-refractivity contribution in [3.8, 4) is 11.5 Å². The lowest BCUT2D eigenvalue weighted by atomic mass is 10.0. The second-order valence-corrected chi connectivity index (χ2v) is 6.36. The van der Waals surface area contributed by atoms with Gasteiger partial charge in [0.15, 0.2) is 12.7 Å². The number of methoxy groups -OCH3 is 1. The molecule has 2 aromatic rings. The summed E-state index contributed by atoms with van der Waals surface area (Å²) < 4.78 is 15.6. The first-order valence-corrected chi connectivity index (χ1v) is 8.76. The average Bonchev–Trinajstić information content (AvgIpc) is 2.67. The Morgan fingerprint density at radius 3 is 2.07 bits per heavy atom. The highest BCUT2D eigenvalue weighted by Crippen LogP contribution is 2.19. The van der Waals surface area contributed by atoms with Crippen LogP contribution in [0.3, 0.4) is 0 Å². The van der Waals surface area contributed by atoms with Gasteiger partial charge in [0.25, 0.3) is 5.91 Å². The van der Waals surface area contributed by atoms with Gasteiger partial charge in [0.2, 0.25) is 0 Å². The van der Waals surface area contributed by atoms with E-state index in [1.807, 2.05) is 24.3 Å². The highest BCUT2D eigenvalue weighted by atomic mass is 16.6. The molecule has 0 aliphatic rings. The molecule has 0 fully saturated rings. The van der Waals surface area contributed by atoms with E-state index in [1.54, 1.807) is 31.4 Å². The van der Waals surface area contributed by atoms with E-state index in [0.717, 1.165) is 0 Å². The van der Waals surface area contributed by atoms with E-state index in [1.165, 1.54) is 12.5 Å². The summed E-state index contributed by atoms with van der Waals surface area (Å²) in [6, 6.07) is 14.4. The molecule has 6 heteroatoms. The Hall–Kier alpha value is -3.02. The molecule has 144 valence electrons. The third-order valence-corrected chi connectivity index (χ3v) is 3.94. The molecule has 1 N–H and O–H groups in total. The highest BCUT2D eigenvalue weighted by Gasteiger charge is 2.18. The molecule has 0 unspecified atom stereocenters. The van der Waals surface area contributed by atoms with Crippen LogP contribution in [0.1, 0.15) is 32.3 Å². The van der Waals surface area contributed by atoms with Crippen LogP contribution >= 0.6 is 0 Å². The zero-order valence-electron chi connectivity index (χ0n) is 16.0. The number of amides is 1. The van der Waals surface area contributed by atoms with Crippen molar-refractivity contribution in [3.05, 3.63) is 54.1 Å². The smallest absolute Gasteiger partial charge is 0.344 e. The topological polar surface area (TPSA) is 73.9 Å². The molecular weight excluding hydrogens is 346 g/mol. The second-order valence-electron chi connectivity index (χ2n) is 6.36. The molecule has 0 aliphatic carbocycles. The number of esters is 1. The molecule has 0 aliphatic heterocycles. The van der Waals surface area contributed by atoms with Crippen LogP contribution in [0, 0.1) is 0 Å². The molecule has 0 saturated heterocycles. The summed E-state index contributed by atoms with van der Waals surface area (Å²) in [6.07, 6.45) is -0.938. The minimum absolute atomic E-state index is 0.263. The number of carbonyl (C=O) groups is 2. The molecule has 0 saturated carbocycles. The van der Waals surface area contributed by atoms with Crippen molar-refractivity contribution in [2.24, 2.45) is 0 Å². The normalized spacial score (nSPS) is 11.6. The van der Waals surface area contributed by atoms with Gasteiger partial charge in [0, 0.05) is 5.69 Å². The molecule has 2 rings (SSSR count). The first-order valence-electron chi connectivity index (χ1n) is 8.76. The first-order chi connectivity index (χ1) is 12.9. The lowest BCUT2D eigenvalue weighted by molar-refractivity contribution is -0.155. The fourth-order valence-electron chi connectivity index (χ4n) is 2.29. The molecule has 27 heavy (non-hydrogen) atoms. The maximum Gasteiger partial charge on any atom is 0.344 e. The number of benzene rings is 2. The van der Waals surface area contributed by atoms with E-state index in [9.17, 15) is 9.59 Å². The molecular formula is C21H25NO5. The predicted octanol–water partition coefficient (Wildman–Crippen LogP) is 3.77. The van der Waals surface area contributed by atoms with Crippen LogP contribution in [0.15, 0.2) is 48.5 Å². The first kappa shape index (κ1) is 20.3. The summed E-state index contributed by atoms with van der Waals surface area (Å²) >= 11 is 0. The Labute approximate surface area is 159 Å². The molecule has 6 nitrogen and oxygen atoms in total. The summed E-state index contributed by atoms with van der Waals surface area (Å²) in [7, 11) is 1.57. The Balaban J connectivity index is 1.78. The molecule has 0 aromatic heterocycles. The van der Waals surface area contributed by atoms with Gasteiger partial charge < -0.3 is 19.5 Å². The number of anilines is 1. The molecule has 0 spiro atoms. The lowest BCUT2D eigenvalue weighted by Gasteiger charge is -2.14. The van der Waals surface area contributed by atoms with Crippen molar-refractivity contribution in [2.75, 3.05) is 19.0 Å². The van der Waals surface area contributed by atoms with Crippen LogP contribution in [-0.4, -0.2) is 31.7 Å². The van der Waals surface area contributed by atoms with Gasteiger partial charge in [-0.2, -0.15) is 0 Å². The van der Waals surface area contributed by atoms with Crippen LogP contribution in [0.4, 0.5) is 5.69 Å². The van der Waals surface area contributed by atoms with E-state index >= 15 is 0 Å². The van der Waals surface area contributed by atoms with Crippen molar-refractivity contribution in [1.82, 2.24) is 0 Å². The fourth-order valence-corrected chi connectivity index (χ4v) is 2.29. The van der Waals surface area contributed by atoms with Crippen molar-refractivity contribution in [3.63, 3.8) is 0 Å². The summed E-state index contributed by atoms with van der Waals surface area (Å²) in [4.78, 5) is 24.0. The molecule has 1 atom stereocenters. The van der Waals surface area contributed by atoms with Crippen molar-refractivity contribution in [1.29, 1.82) is 0 Å². The van der Waals surface area contributed by atoms with Crippen molar-refractivity contribution < 1.29 is 23.8 Å². The third-order valence-electron chi connectivity index (χ3n) is 3.94. The van der Waals surface area contributed by atoms with Crippen LogP contribution in [-0.2, 0) is 14.3 Å². The van der Waals surface area contributed by atoms with Gasteiger partial charge >= 0.3 is 5.97 Å². The predicted molar refractivity (Wildman–Crippen MR) is 103 cm³/mol. The Bertz CT molecular complexity index is 753. The van der Waals surface area contributed by atoms with Gasteiger partial charge in [0.1, 0.15) is 11.5 Å². The molecule has 0 bridgehead atoms. The number of ether oxygens (including phenoxy) is 3. The number of carbonyl (C=O) groups excluding carboxylic acids is 2. The maximum atomic E-state index is 12.1. The van der Waals surface area contributed by atoms with Gasteiger partial charge in [0.05, 0.1) is 7.11 Å². The number of rotatable bonds is 8. The number of nitrogens with one attached hydrogen (secondary N) is 1.